The maximum absolute atomic E-state index is 12.9. The fourth-order valence-corrected chi connectivity index (χ4v) is 1.77. The Morgan fingerprint density at radius 3 is 2.88 bits per heavy atom. The predicted octanol–water partition coefficient (Wildman–Crippen LogP) is 2.44. The first kappa shape index (κ1) is 12.7. The lowest BCUT2D eigenvalue weighted by molar-refractivity contribution is 0.499. The molecule has 3 heteroatoms. The van der Waals surface area contributed by atoms with Crippen LogP contribution < -0.4 is 11.3 Å². The van der Waals surface area contributed by atoms with E-state index in [0.29, 0.717) is 0 Å². The number of nitrogens with two attached hydrogens (primary N) is 1. The second-order valence-electron chi connectivity index (χ2n) is 3.82. The van der Waals surface area contributed by atoms with Gasteiger partial charge in [-0.1, -0.05) is 6.07 Å². The minimum atomic E-state index is -0.222. The summed E-state index contributed by atoms with van der Waals surface area (Å²) in [4.78, 5) is 0. The van der Waals surface area contributed by atoms with Crippen LogP contribution in [0.1, 0.15) is 36.4 Å². The summed E-state index contributed by atoms with van der Waals surface area (Å²) in [6.07, 6.45) is 7.69. The van der Waals surface area contributed by atoms with E-state index in [1.807, 2.05) is 6.92 Å². The molecule has 2 nitrogen and oxygen atoms in total. The largest absolute Gasteiger partial charge is 0.271 e. The van der Waals surface area contributed by atoms with Crippen molar-refractivity contribution >= 4 is 0 Å². The standard InChI is InChI=1S/C13H17FN2/c1-3-4-5-6-13(16-15)12-8-7-11(14)9-10(12)2/h1,7-9,13,16H,4-6,15H2,2H3. The lowest BCUT2D eigenvalue weighted by Gasteiger charge is -2.18. The van der Waals surface area contributed by atoms with E-state index in [4.69, 9.17) is 12.3 Å². The summed E-state index contributed by atoms with van der Waals surface area (Å²) in [7, 11) is 0. The molecule has 0 spiro atoms. The lowest BCUT2D eigenvalue weighted by atomic mass is 9.97. The molecule has 0 bridgehead atoms. The third-order valence-electron chi connectivity index (χ3n) is 2.62. The quantitative estimate of drug-likeness (QED) is 0.346. The van der Waals surface area contributed by atoms with Crippen molar-refractivity contribution in [1.82, 2.24) is 5.43 Å². The Balaban J connectivity index is 2.75. The Hall–Kier alpha value is -1.37. The van der Waals surface area contributed by atoms with Gasteiger partial charge in [-0.15, -0.1) is 12.3 Å². The number of nitrogens with one attached hydrogen (secondary N) is 1. The highest BCUT2D eigenvalue weighted by Crippen LogP contribution is 2.22. The zero-order valence-electron chi connectivity index (χ0n) is 9.46. The number of aryl methyl sites for hydroxylation is 1. The van der Waals surface area contributed by atoms with E-state index in [9.17, 15) is 4.39 Å². The van der Waals surface area contributed by atoms with Crippen molar-refractivity contribution in [3.05, 3.63) is 35.1 Å². The molecule has 0 radical (unpaired) electrons. The number of unbranched alkanes of at least 4 members (excludes halogenated alkanes) is 1. The first-order valence-corrected chi connectivity index (χ1v) is 5.34. The monoisotopic (exact) mass is 220 g/mol. The van der Waals surface area contributed by atoms with Gasteiger partial charge in [0, 0.05) is 12.5 Å². The van der Waals surface area contributed by atoms with Gasteiger partial charge in [-0.05, 0) is 43.0 Å². The highest BCUT2D eigenvalue weighted by molar-refractivity contribution is 5.29. The van der Waals surface area contributed by atoms with Gasteiger partial charge in [0.25, 0.3) is 0 Å². The Morgan fingerprint density at radius 1 is 1.56 bits per heavy atom. The average Bonchev–Trinajstić information content (AvgIpc) is 2.26. The minimum Gasteiger partial charge on any atom is -0.271 e. The molecule has 1 aromatic carbocycles. The SMILES string of the molecule is C#CCCCC(NN)c1ccc(F)cc1C. The van der Waals surface area contributed by atoms with Crippen molar-refractivity contribution in [1.29, 1.82) is 0 Å². The van der Waals surface area contributed by atoms with E-state index in [1.165, 1.54) is 12.1 Å². The van der Waals surface area contributed by atoms with Crippen LogP contribution in [0.5, 0.6) is 0 Å². The summed E-state index contributed by atoms with van der Waals surface area (Å²) in [5.41, 5.74) is 4.68. The number of benzene rings is 1. The van der Waals surface area contributed by atoms with Gasteiger partial charge in [0.2, 0.25) is 0 Å². The Labute approximate surface area is 96.0 Å². The molecule has 1 rings (SSSR count). The average molecular weight is 220 g/mol. The molecule has 0 aliphatic rings. The number of terminal acetylenes is 1. The molecule has 0 heterocycles. The smallest absolute Gasteiger partial charge is 0.123 e. The first-order chi connectivity index (χ1) is 7.69. The van der Waals surface area contributed by atoms with Crippen LogP contribution >= 0.6 is 0 Å². The van der Waals surface area contributed by atoms with E-state index in [-0.39, 0.29) is 11.9 Å². The predicted molar refractivity (Wildman–Crippen MR) is 63.9 cm³/mol. The third kappa shape index (κ3) is 3.34. The molecule has 0 fully saturated rings. The second-order valence-corrected chi connectivity index (χ2v) is 3.82. The number of halogens is 1. The molecular weight excluding hydrogens is 203 g/mol. The zero-order chi connectivity index (χ0) is 12.0. The van der Waals surface area contributed by atoms with Crippen molar-refractivity contribution in [2.75, 3.05) is 0 Å². The van der Waals surface area contributed by atoms with Crippen LogP contribution in [0.2, 0.25) is 0 Å². The highest BCUT2D eigenvalue weighted by Gasteiger charge is 2.11. The van der Waals surface area contributed by atoms with Gasteiger partial charge < -0.3 is 0 Å². The van der Waals surface area contributed by atoms with Gasteiger partial charge in [0.05, 0.1) is 0 Å². The summed E-state index contributed by atoms with van der Waals surface area (Å²) >= 11 is 0. The normalized spacial score (nSPS) is 12.1. The molecule has 1 unspecified atom stereocenters. The van der Waals surface area contributed by atoms with Gasteiger partial charge in [0.1, 0.15) is 5.82 Å². The fraction of sp³-hybridized carbons (Fsp3) is 0.385. The number of hydrogen-bond acceptors (Lipinski definition) is 2. The number of hydrogen-bond donors (Lipinski definition) is 2. The van der Waals surface area contributed by atoms with Gasteiger partial charge in [-0.25, -0.2) is 4.39 Å². The highest BCUT2D eigenvalue weighted by atomic mass is 19.1. The molecule has 0 amide bonds. The van der Waals surface area contributed by atoms with Crippen molar-refractivity contribution in [3.63, 3.8) is 0 Å². The van der Waals surface area contributed by atoms with Crippen LogP contribution in [0.15, 0.2) is 18.2 Å². The Kier molecular flexibility index (Phi) is 4.97. The summed E-state index contributed by atoms with van der Waals surface area (Å²) in [6, 6.07) is 4.77. The number of rotatable bonds is 5. The topological polar surface area (TPSA) is 38.0 Å². The maximum Gasteiger partial charge on any atom is 0.123 e. The molecule has 86 valence electrons. The molecule has 0 saturated carbocycles. The molecule has 1 atom stereocenters. The van der Waals surface area contributed by atoms with Gasteiger partial charge >= 0.3 is 0 Å². The molecular formula is C13H17FN2. The van der Waals surface area contributed by atoms with Gasteiger partial charge in [-0.2, -0.15) is 0 Å². The van der Waals surface area contributed by atoms with Crippen molar-refractivity contribution in [3.8, 4) is 12.3 Å². The molecule has 0 aliphatic heterocycles. The molecule has 0 aliphatic carbocycles. The summed E-state index contributed by atoms with van der Waals surface area (Å²) in [5.74, 6) is 7.87. The first-order valence-electron chi connectivity index (χ1n) is 5.34. The van der Waals surface area contributed by atoms with E-state index in [1.54, 1.807) is 6.07 Å². The molecule has 3 N–H and O–H groups in total. The van der Waals surface area contributed by atoms with Crippen molar-refractivity contribution in [2.45, 2.75) is 32.2 Å². The van der Waals surface area contributed by atoms with Crippen molar-refractivity contribution in [2.24, 2.45) is 5.84 Å². The molecule has 0 aromatic heterocycles. The molecule has 16 heavy (non-hydrogen) atoms. The van der Waals surface area contributed by atoms with Crippen LogP contribution in [0.3, 0.4) is 0 Å². The van der Waals surface area contributed by atoms with E-state index < -0.39 is 0 Å². The molecule has 0 saturated heterocycles. The Morgan fingerprint density at radius 2 is 2.31 bits per heavy atom. The zero-order valence-corrected chi connectivity index (χ0v) is 9.46. The fourth-order valence-electron chi connectivity index (χ4n) is 1.77. The maximum atomic E-state index is 12.9. The number of hydrazine groups is 1. The second kappa shape index (κ2) is 6.26. The van der Waals surface area contributed by atoms with E-state index in [0.717, 1.165) is 30.4 Å². The van der Waals surface area contributed by atoms with Crippen molar-refractivity contribution < 1.29 is 4.39 Å². The lowest BCUT2D eigenvalue weighted by Crippen LogP contribution is -2.28. The Bertz CT molecular complexity index is 382. The van der Waals surface area contributed by atoms with E-state index >= 15 is 0 Å². The van der Waals surface area contributed by atoms with Crippen LogP contribution in [0, 0.1) is 25.1 Å². The van der Waals surface area contributed by atoms with Gasteiger partial charge in [0.15, 0.2) is 0 Å². The summed E-state index contributed by atoms with van der Waals surface area (Å²) in [5, 5.41) is 0. The minimum absolute atomic E-state index is 0.0361. The van der Waals surface area contributed by atoms with Crippen LogP contribution in [0.4, 0.5) is 4.39 Å². The summed E-state index contributed by atoms with van der Waals surface area (Å²) < 4.78 is 12.9. The van der Waals surface area contributed by atoms with E-state index in [2.05, 4.69) is 11.3 Å². The van der Waals surface area contributed by atoms with Gasteiger partial charge in [-0.3, -0.25) is 11.3 Å². The van der Waals surface area contributed by atoms with Crippen LogP contribution in [-0.4, -0.2) is 0 Å². The molecule has 1 aromatic rings. The summed E-state index contributed by atoms with van der Waals surface area (Å²) in [6.45, 7) is 1.88. The third-order valence-corrected chi connectivity index (χ3v) is 2.62. The van der Waals surface area contributed by atoms with Crippen LogP contribution in [0.25, 0.3) is 0 Å². The van der Waals surface area contributed by atoms with Crippen LogP contribution in [-0.2, 0) is 0 Å².